The van der Waals surface area contributed by atoms with Crippen LogP contribution in [0.15, 0.2) is 48.5 Å². The maximum absolute atomic E-state index is 12.6. The summed E-state index contributed by atoms with van der Waals surface area (Å²) in [5.74, 6) is -1.08. The summed E-state index contributed by atoms with van der Waals surface area (Å²) >= 11 is 0. The second-order valence-corrected chi connectivity index (χ2v) is 6.42. The number of hydrogen-bond acceptors (Lipinski definition) is 6. The third-order valence-electron chi connectivity index (χ3n) is 4.51. The van der Waals surface area contributed by atoms with Gasteiger partial charge < -0.3 is 14.4 Å². The van der Waals surface area contributed by atoms with Crippen molar-refractivity contribution in [2.24, 2.45) is 0 Å². The maximum atomic E-state index is 12.6. The van der Waals surface area contributed by atoms with Crippen molar-refractivity contribution in [3.05, 3.63) is 69.8 Å². The molecule has 0 N–H and O–H groups in total. The number of ether oxygens (including phenoxy) is 2. The predicted molar refractivity (Wildman–Crippen MR) is 99.7 cm³/mol. The standard InChI is InChI=1S/C20H20N2O6/c1-14(20(24)21-11-10-15-6-2-3-7-16(15)12-21)28-19(23)13-27-18-9-5-4-8-17(18)22(25)26/h2-9,14H,10-13H2,1H3/t14-/m1/s1. The number of hydrogen-bond donors (Lipinski definition) is 0. The first-order valence-corrected chi connectivity index (χ1v) is 8.87. The van der Waals surface area contributed by atoms with E-state index in [0.717, 1.165) is 12.0 Å². The van der Waals surface area contributed by atoms with Gasteiger partial charge in [0.2, 0.25) is 0 Å². The highest BCUT2D eigenvalue weighted by Crippen LogP contribution is 2.25. The van der Waals surface area contributed by atoms with E-state index in [1.54, 1.807) is 11.0 Å². The second kappa shape index (κ2) is 8.51. The number of benzene rings is 2. The molecule has 0 fully saturated rings. The lowest BCUT2D eigenvalue weighted by atomic mass is 9.99. The Balaban J connectivity index is 1.53. The SMILES string of the molecule is C[C@@H](OC(=O)COc1ccccc1[N+](=O)[O-])C(=O)N1CCc2ccccc2C1. The fourth-order valence-corrected chi connectivity index (χ4v) is 3.09. The largest absolute Gasteiger partial charge is 0.475 e. The zero-order chi connectivity index (χ0) is 20.1. The number of carbonyl (C=O) groups is 2. The normalized spacial score (nSPS) is 14.0. The molecule has 0 saturated heterocycles. The molecule has 0 aromatic heterocycles. The van der Waals surface area contributed by atoms with Crippen molar-refractivity contribution in [2.45, 2.75) is 26.0 Å². The molecule has 1 aliphatic rings. The molecular formula is C20H20N2O6. The summed E-state index contributed by atoms with van der Waals surface area (Å²) in [6, 6.07) is 13.7. The minimum Gasteiger partial charge on any atom is -0.475 e. The number of nitro groups is 1. The van der Waals surface area contributed by atoms with Crippen LogP contribution in [0.1, 0.15) is 18.1 Å². The summed E-state index contributed by atoms with van der Waals surface area (Å²) in [5, 5.41) is 11.0. The van der Waals surface area contributed by atoms with Crippen molar-refractivity contribution in [3.8, 4) is 5.75 Å². The molecule has 0 bridgehead atoms. The van der Waals surface area contributed by atoms with Gasteiger partial charge in [0.15, 0.2) is 18.5 Å². The summed E-state index contributed by atoms with van der Waals surface area (Å²) in [4.78, 5) is 36.6. The fraction of sp³-hybridized carbons (Fsp3) is 0.300. The minimum absolute atomic E-state index is 0.0314. The number of amides is 1. The van der Waals surface area contributed by atoms with Gasteiger partial charge in [0, 0.05) is 19.2 Å². The third-order valence-corrected chi connectivity index (χ3v) is 4.51. The van der Waals surface area contributed by atoms with E-state index in [1.807, 2.05) is 24.3 Å². The molecule has 1 heterocycles. The molecule has 1 aliphatic heterocycles. The van der Waals surface area contributed by atoms with Crippen molar-refractivity contribution >= 4 is 17.6 Å². The Morgan fingerprint density at radius 3 is 2.57 bits per heavy atom. The first-order valence-electron chi connectivity index (χ1n) is 8.87. The van der Waals surface area contributed by atoms with E-state index in [1.165, 1.54) is 30.7 Å². The number of carbonyl (C=O) groups excluding carboxylic acids is 2. The number of rotatable bonds is 6. The smallest absolute Gasteiger partial charge is 0.344 e. The molecule has 8 heteroatoms. The van der Waals surface area contributed by atoms with E-state index in [4.69, 9.17) is 9.47 Å². The van der Waals surface area contributed by atoms with E-state index in [0.29, 0.717) is 13.1 Å². The van der Waals surface area contributed by atoms with Crippen LogP contribution in [0, 0.1) is 10.1 Å². The molecular weight excluding hydrogens is 364 g/mol. The molecule has 0 aliphatic carbocycles. The lowest BCUT2D eigenvalue weighted by Crippen LogP contribution is -2.43. The number of para-hydroxylation sites is 2. The highest BCUT2D eigenvalue weighted by molar-refractivity contribution is 5.84. The molecule has 2 aromatic rings. The molecule has 0 unspecified atom stereocenters. The van der Waals surface area contributed by atoms with Crippen LogP contribution in [0.2, 0.25) is 0 Å². The molecule has 8 nitrogen and oxygen atoms in total. The lowest BCUT2D eigenvalue weighted by Gasteiger charge is -2.30. The molecule has 3 rings (SSSR count). The van der Waals surface area contributed by atoms with E-state index >= 15 is 0 Å². The van der Waals surface area contributed by atoms with E-state index < -0.39 is 23.6 Å². The average molecular weight is 384 g/mol. The Kier molecular flexibility index (Phi) is 5.88. The predicted octanol–water partition coefficient (Wildman–Crippen LogP) is 2.49. The van der Waals surface area contributed by atoms with Gasteiger partial charge in [-0.15, -0.1) is 0 Å². The van der Waals surface area contributed by atoms with Crippen LogP contribution >= 0.6 is 0 Å². The molecule has 28 heavy (non-hydrogen) atoms. The Morgan fingerprint density at radius 1 is 1.14 bits per heavy atom. The number of nitro benzene ring substituents is 1. The number of fused-ring (bicyclic) bond motifs is 1. The molecule has 0 spiro atoms. The summed E-state index contributed by atoms with van der Waals surface area (Å²) < 4.78 is 10.3. The van der Waals surface area contributed by atoms with E-state index in [9.17, 15) is 19.7 Å². The molecule has 146 valence electrons. The summed E-state index contributed by atoms with van der Waals surface area (Å²) in [6.45, 7) is 2.02. The van der Waals surface area contributed by atoms with Gasteiger partial charge in [-0.1, -0.05) is 36.4 Å². The summed E-state index contributed by atoms with van der Waals surface area (Å²) in [5.41, 5.74) is 2.06. The van der Waals surface area contributed by atoms with Gasteiger partial charge in [0.05, 0.1) is 4.92 Å². The van der Waals surface area contributed by atoms with Gasteiger partial charge in [0.1, 0.15) is 0 Å². The quantitative estimate of drug-likeness (QED) is 0.431. The van der Waals surface area contributed by atoms with Crippen LogP contribution in [0.3, 0.4) is 0 Å². The first kappa shape index (κ1) is 19.3. The summed E-state index contributed by atoms with van der Waals surface area (Å²) in [6.07, 6.45) is -0.212. The molecule has 0 saturated carbocycles. The highest BCUT2D eigenvalue weighted by atomic mass is 16.6. The van der Waals surface area contributed by atoms with Crippen LogP contribution < -0.4 is 4.74 Å². The number of esters is 1. The summed E-state index contributed by atoms with van der Waals surface area (Å²) in [7, 11) is 0. The van der Waals surface area contributed by atoms with Gasteiger partial charge in [-0.3, -0.25) is 14.9 Å². The van der Waals surface area contributed by atoms with Crippen LogP contribution in [-0.4, -0.2) is 41.0 Å². The Morgan fingerprint density at radius 2 is 1.82 bits per heavy atom. The van der Waals surface area contributed by atoms with Gasteiger partial charge in [-0.05, 0) is 30.5 Å². The maximum Gasteiger partial charge on any atom is 0.344 e. The van der Waals surface area contributed by atoms with E-state index in [-0.39, 0.29) is 17.3 Å². The molecule has 1 amide bonds. The van der Waals surface area contributed by atoms with Crippen molar-refractivity contribution in [3.63, 3.8) is 0 Å². The average Bonchev–Trinajstić information content (AvgIpc) is 2.71. The van der Waals surface area contributed by atoms with Crippen molar-refractivity contribution in [2.75, 3.05) is 13.2 Å². The monoisotopic (exact) mass is 384 g/mol. The van der Waals surface area contributed by atoms with E-state index in [2.05, 4.69) is 0 Å². The Labute approximate surface area is 161 Å². The van der Waals surface area contributed by atoms with Crippen LogP contribution in [0.25, 0.3) is 0 Å². The lowest BCUT2D eigenvalue weighted by molar-refractivity contribution is -0.385. The van der Waals surface area contributed by atoms with Gasteiger partial charge in [0.25, 0.3) is 5.91 Å². The van der Waals surface area contributed by atoms with Gasteiger partial charge in [-0.2, -0.15) is 0 Å². The zero-order valence-corrected chi connectivity index (χ0v) is 15.4. The van der Waals surface area contributed by atoms with Crippen LogP contribution in [0.5, 0.6) is 5.75 Å². The second-order valence-electron chi connectivity index (χ2n) is 6.42. The third kappa shape index (κ3) is 4.46. The van der Waals surface area contributed by atoms with Gasteiger partial charge >= 0.3 is 11.7 Å². The number of nitrogens with zero attached hydrogens (tertiary/aromatic N) is 2. The molecule has 2 aromatic carbocycles. The van der Waals surface area contributed by atoms with Crippen molar-refractivity contribution in [1.82, 2.24) is 4.90 Å². The van der Waals surface area contributed by atoms with Crippen LogP contribution in [-0.2, 0) is 27.3 Å². The van der Waals surface area contributed by atoms with Gasteiger partial charge in [-0.25, -0.2) is 4.79 Å². The molecule has 1 atom stereocenters. The Hall–Kier alpha value is -3.42. The fourth-order valence-electron chi connectivity index (χ4n) is 3.09. The van der Waals surface area contributed by atoms with Crippen molar-refractivity contribution in [1.29, 1.82) is 0 Å². The van der Waals surface area contributed by atoms with Crippen molar-refractivity contribution < 1.29 is 24.0 Å². The Bertz CT molecular complexity index is 898. The highest BCUT2D eigenvalue weighted by Gasteiger charge is 2.27. The topological polar surface area (TPSA) is 99.0 Å². The zero-order valence-electron chi connectivity index (χ0n) is 15.4. The van der Waals surface area contributed by atoms with Crippen LogP contribution in [0.4, 0.5) is 5.69 Å². The first-order chi connectivity index (χ1) is 13.5. The molecule has 0 radical (unpaired) electrons. The minimum atomic E-state index is -0.966.